The maximum Gasteiger partial charge on any atom is 0.224 e. The lowest BCUT2D eigenvalue weighted by Gasteiger charge is -2.03. The highest BCUT2D eigenvalue weighted by atomic mass is 35.5. The Balaban J connectivity index is 1.78. The van der Waals surface area contributed by atoms with Crippen LogP contribution in [0.1, 0.15) is 43.5 Å². The Morgan fingerprint density at radius 3 is 2.45 bits per heavy atom. The lowest BCUT2D eigenvalue weighted by Crippen LogP contribution is -2.27. The van der Waals surface area contributed by atoms with Crippen molar-refractivity contribution in [2.45, 2.75) is 25.6 Å². The molecule has 0 aromatic heterocycles. The van der Waals surface area contributed by atoms with E-state index in [0.29, 0.717) is 16.1 Å². The largest absolute Gasteiger partial charge is 0.344 e. The second-order valence-corrected chi connectivity index (χ2v) is 6.36. The molecule has 1 fully saturated rings. The van der Waals surface area contributed by atoms with E-state index in [4.69, 9.17) is 16.3 Å². The summed E-state index contributed by atoms with van der Waals surface area (Å²) in [4.78, 5) is 25.4. The van der Waals surface area contributed by atoms with Crippen molar-refractivity contribution in [2.75, 3.05) is 0 Å². The van der Waals surface area contributed by atoms with E-state index in [-0.39, 0.29) is 11.6 Å². The molecular formula is C18H13ClO3. The molecule has 1 aliphatic heterocycles. The third-order valence-electron chi connectivity index (χ3n) is 4.44. The second kappa shape index (κ2) is 4.28. The van der Waals surface area contributed by atoms with Gasteiger partial charge in [0.05, 0.1) is 0 Å². The zero-order valence-corrected chi connectivity index (χ0v) is 12.9. The molecule has 0 radical (unpaired) electrons. The van der Waals surface area contributed by atoms with Gasteiger partial charge in [0, 0.05) is 16.1 Å². The van der Waals surface area contributed by atoms with Gasteiger partial charge in [-0.05, 0) is 37.1 Å². The first kappa shape index (κ1) is 13.7. The van der Waals surface area contributed by atoms with E-state index in [1.165, 1.54) is 0 Å². The van der Waals surface area contributed by atoms with E-state index in [1.54, 1.807) is 18.2 Å². The molecular weight excluding hydrogens is 300 g/mol. The molecule has 1 aliphatic carbocycles. The van der Waals surface area contributed by atoms with Crippen LogP contribution in [0.4, 0.5) is 0 Å². The number of ketones is 2. The van der Waals surface area contributed by atoms with Gasteiger partial charge >= 0.3 is 0 Å². The van der Waals surface area contributed by atoms with Crippen LogP contribution < -0.4 is 0 Å². The fraction of sp³-hybridized carbons (Fsp3) is 0.222. The molecule has 22 heavy (non-hydrogen) atoms. The number of benzene rings is 2. The molecule has 4 heteroatoms. The van der Waals surface area contributed by atoms with Gasteiger partial charge in [0.1, 0.15) is 6.10 Å². The van der Waals surface area contributed by atoms with E-state index >= 15 is 0 Å². The lowest BCUT2D eigenvalue weighted by molar-refractivity contribution is 0.0785. The number of rotatable bonds is 1. The molecule has 110 valence electrons. The number of ether oxygens (including phenoxy) is 1. The van der Waals surface area contributed by atoms with Gasteiger partial charge in [-0.3, -0.25) is 9.59 Å². The molecule has 2 aromatic rings. The van der Waals surface area contributed by atoms with Gasteiger partial charge in [-0.2, -0.15) is 0 Å². The van der Waals surface area contributed by atoms with E-state index < -0.39 is 11.7 Å². The molecule has 1 spiro atoms. The first-order chi connectivity index (χ1) is 10.4. The molecule has 0 N–H and O–H groups in total. The molecule has 1 heterocycles. The summed E-state index contributed by atoms with van der Waals surface area (Å²) in [6.07, 6.45) is -0.517. The molecule has 0 saturated carbocycles. The third kappa shape index (κ3) is 1.61. The number of Topliss-reactive ketones (excluding diaryl/α,β-unsaturated/α-hetero) is 2. The third-order valence-corrected chi connectivity index (χ3v) is 4.86. The van der Waals surface area contributed by atoms with Crippen molar-refractivity contribution in [3.63, 3.8) is 0 Å². The van der Waals surface area contributed by atoms with E-state index in [9.17, 15) is 9.59 Å². The van der Waals surface area contributed by atoms with Crippen LogP contribution in [0.3, 0.4) is 0 Å². The molecule has 2 unspecified atom stereocenters. The number of halogens is 1. The number of carbonyl (C=O) groups excluding carboxylic acids is 2. The Labute approximate surface area is 132 Å². The van der Waals surface area contributed by atoms with E-state index in [1.807, 2.05) is 32.0 Å². The summed E-state index contributed by atoms with van der Waals surface area (Å²) in [6.45, 7) is 3.79. The van der Waals surface area contributed by atoms with Crippen LogP contribution in [-0.4, -0.2) is 17.2 Å². The summed E-state index contributed by atoms with van der Waals surface area (Å²) in [5.74, 6) is -0.459. The maximum atomic E-state index is 12.7. The Morgan fingerprint density at radius 2 is 1.73 bits per heavy atom. The normalized spacial score (nSPS) is 25.7. The number of carbonyl (C=O) groups is 2. The number of hydrogen-bond acceptors (Lipinski definition) is 3. The summed E-state index contributed by atoms with van der Waals surface area (Å²) >= 11 is 6.03. The van der Waals surface area contributed by atoms with Gasteiger partial charge in [0.15, 0.2) is 0 Å². The zero-order chi connectivity index (χ0) is 15.6. The SMILES string of the molecule is Cc1ccc2c(c1)C(=O)C1(OC1c1ccc(Cl)c(C)c1)C2=O. The average Bonchev–Trinajstić information content (AvgIpc) is 3.21. The van der Waals surface area contributed by atoms with Crippen molar-refractivity contribution < 1.29 is 14.3 Å². The van der Waals surface area contributed by atoms with Gasteiger partial charge in [-0.15, -0.1) is 0 Å². The van der Waals surface area contributed by atoms with Crippen LogP contribution in [0.15, 0.2) is 36.4 Å². The van der Waals surface area contributed by atoms with Crippen molar-refractivity contribution in [3.8, 4) is 0 Å². The molecule has 2 aromatic carbocycles. The van der Waals surface area contributed by atoms with Crippen LogP contribution in [0.25, 0.3) is 0 Å². The fourth-order valence-corrected chi connectivity index (χ4v) is 3.30. The predicted molar refractivity (Wildman–Crippen MR) is 82.6 cm³/mol. The monoisotopic (exact) mass is 312 g/mol. The molecule has 0 bridgehead atoms. The standard InChI is InChI=1S/C18H13ClO3/c1-9-3-5-12-13(7-9)16(21)18(15(12)20)17(22-18)11-4-6-14(19)10(2)8-11/h3-8,17H,1-2H3. The fourth-order valence-electron chi connectivity index (χ4n) is 3.18. The lowest BCUT2D eigenvalue weighted by atomic mass is 9.94. The first-order valence-corrected chi connectivity index (χ1v) is 7.47. The highest BCUT2D eigenvalue weighted by Crippen LogP contribution is 2.57. The number of fused-ring (bicyclic) bond motifs is 1. The van der Waals surface area contributed by atoms with Crippen molar-refractivity contribution in [1.82, 2.24) is 0 Å². The Kier molecular flexibility index (Phi) is 2.66. The predicted octanol–water partition coefficient (Wildman–Crippen LogP) is 3.85. The van der Waals surface area contributed by atoms with Crippen molar-refractivity contribution >= 4 is 23.2 Å². The maximum absolute atomic E-state index is 12.7. The van der Waals surface area contributed by atoms with Crippen LogP contribution in [0, 0.1) is 13.8 Å². The molecule has 4 rings (SSSR count). The summed E-state index contributed by atoms with van der Waals surface area (Å²) in [5.41, 5.74) is 2.25. The quantitative estimate of drug-likeness (QED) is 0.593. The minimum Gasteiger partial charge on any atom is -0.344 e. The van der Waals surface area contributed by atoms with Gasteiger partial charge in [-0.1, -0.05) is 41.4 Å². The number of aryl methyl sites for hydroxylation is 2. The second-order valence-electron chi connectivity index (χ2n) is 5.95. The minimum absolute atomic E-state index is 0.228. The van der Waals surface area contributed by atoms with E-state index in [2.05, 4.69) is 0 Å². The average molecular weight is 313 g/mol. The number of epoxide rings is 1. The first-order valence-electron chi connectivity index (χ1n) is 7.09. The molecule has 3 nitrogen and oxygen atoms in total. The van der Waals surface area contributed by atoms with E-state index in [0.717, 1.165) is 16.7 Å². The minimum atomic E-state index is -1.35. The Morgan fingerprint density at radius 1 is 1.00 bits per heavy atom. The molecule has 2 atom stereocenters. The topological polar surface area (TPSA) is 46.7 Å². The zero-order valence-electron chi connectivity index (χ0n) is 12.1. The highest BCUT2D eigenvalue weighted by molar-refractivity contribution is 6.34. The summed E-state index contributed by atoms with van der Waals surface area (Å²) < 4.78 is 5.65. The van der Waals surface area contributed by atoms with Crippen LogP contribution >= 0.6 is 11.6 Å². The summed E-state index contributed by atoms with van der Waals surface area (Å²) in [5, 5.41) is 0.654. The van der Waals surface area contributed by atoms with Crippen molar-refractivity contribution in [2.24, 2.45) is 0 Å². The molecule has 2 aliphatic rings. The molecule has 1 saturated heterocycles. The van der Waals surface area contributed by atoms with Gasteiger partial charge in [0.2, 0.25) is 17.2 Å². The van der Waals surface area contributed by atoms with Crippen LogP contribution in [0.5, 0.6) is 0 Å². The summed E-state index contributed by atoms with van der Waals surface area (Å²) in [7, 11) is 0. The molecule has 0 amide bonds. The van der Waals surface area contributed by atoms with Crippen LogP contribution in [-0.2, 0) is 4.74 Å². The van der Waals surface area contributed by atoms with Crippen molar-refractivity contribution in [1.29, 1.82) is 0 Å². The number of hydrogen-bond donors (Lipinski definition) is 0. The smallest absolute Gasteiger partial charge is 0.224 e. The van der Waals surface area contributed by atoms with Crippen molar-refractivity contribution in [3.05, 3.63) is 69.2 Å². The van der Waals surface area contributed by atoms with Gasteiger partial charge < -0.3 is 4.74 Å². The van der Waals surface area contributed by atoms with Crippen LogP contribution in [0.2, 0.25) is 5.02 Å². The highest BCUT2D eigenvalue weighted by Gasteiger charge is 2.72. The Hall–Kier alpha value is -1.97. The van der Waals surface area contributed by atoms with Gasteiger partial charge in [-0.25, -0.2) is 0 Å². The summed E-state index contributed by atoms with van der Waals surface area (Å²) in [6, 6.07) is 10.8. The van der Waals surface area contributed by atoms with Gasteiger partial charge in [0.25, 0.3) is 0 Å². The Bertz CT molecular complexity index is 855.